The van der Waals surface area contributed by atoms with Crippen LogP contribution in [0.3, 0.4) is 0 Å². The predicted molar refractivity (Wildman–Crippen MR) is 87.8 cm³/mol. The third-order valence-electron chi connectivity index (χ3n) is 4.49. The van der Waals surface area contributed by atoms with Crippen LogP contribution in [0.4, 0.5) is 5.69 Å². The standard InChI is InChI=1S/C16H18N4OS/c17-10-3-1-2-9(6-10)14-8-18-16(22-14)15(21)20-13-7-11-4-5-12(13)19-11/h1-3,6,8,11-13,19H,4-5,7,17H2,(H,20,21). The highest BCUT2D eigenvalue weighted by molar-refractivity contribution is 7.17. The molecule has 0 radical (unpaired) electrons. The molecule has 1 aromatic carbocycles. The lowest BCUT2D eigenvalue weighted by Gasteiger charge is -2.20. The van der Waals surface area contributed by atoms with Gasteiger partial charge in [0.05, 0.1) is 4.88 Å². The van der Waals surface area contributed by atoms with E-state index >= 15 is 0 Å². The Labute approximate surface area is 132 Å². The monoisotopic (exact) mass is 314 g/mol. The number of aromatic nitrogens is 1. The van der Waals surface area contributed by atoms with E-state index in [-0.39, 0.29) is 11.9 Å². The Hall–Kier alpha value is -1.92. The van der Waals surface area contributed by atoms with Crippen LogP contribution in [0.1, 0.15) is 29.1 Å². The number of thiazole rings is 1. The topological polar surface area (TPSA) is 80.0 Å². The van der Waals surface area contributed by atoms with Gasteiger partial charge in [-0.1, -0.05) is 12.1 Å². The van der Waals surface area contributed by atoms with Gasteiger partial charge in [-0.3, -0.25) is 4.79 Å². The molecule has 1 aromatic heterocycles. The molecule has 2 aromatic rings. The van der Waals surface area contributed by atoms with E-state index in [1.165, 1.54) is 17.8 Å². The average molecular weight is 314 g/mol. The van der Waals surface area contributed by atoms with Crippen molar-refractivity contribution in [3.05, 3.63) is 35.5 Å². The molecule has 2 saturated heterocycles. The smallest absolute Gasteiger partial charge is 0.280 e. The van der Waals surface area contributed by atoms with Gasteiger partial charge in [-0.15, -0.1) is 11.3 Å². The molecular weight excluding hydrogens is 296 g/mol. The molecule has 22 heavy (non-hydrogen) atoms. The Balaban J connectivity index is 1.48. The van der Waals surface area contributed by atoms with Crippen molar-refractivity contribution >= 4 is 22.9 Å². The number of nitrogen functional groups attached to an aromatic ring is 1. The average Bonchev–Trinajstić information content (AvgIpc) is 3.23. The van der Waals surface area contributed by atoms with Gasteiger partial charge < -0.3 is 16.4 Å². The van der Waals surface area contributed by atoms with Crippen molar-refractivity contribution in [3.8, 4) is 10.4 Å². The van der Waals surface area contributed by atoms with E-state index < -0.39 is 0 Å². The van der Waals surface area contributed by atoms with Crippen molar-refractivity contribution in [2.75, 3.05) is 5.73 Å². The second-order valence-electron chi connectivity index (χ2n) is 6.02. The number of nitrogens with one attached hydrogen (secondary N) is 2. The first-order chi connectivity index (χ1) is 10.7. The number of carbonyl (C=O) groups is 1. The third kappa shape index (κ3) is 2.48. The van der Waals surface area contributed by atoms with Crippen LogP contribution in [0.25, 0.3) is 10.4 Å². The molecule has 3 atom stereocenters. The van der Waals surface area contributed by atoms with Crippen molar-refractivity contribution in [3.63, 3.8) is 0 Å². The van der Waals surface area contributed by atoms with E-state index in [9.17, 15) is 4.79 Å². The molecule has 3 unspecified atom stereocenters. The second kappa shape index (κ2) is 5.37. The van der Waals surface area contributed by atoms with Crippen molar-refractivity contribution in [2.24, 2.45) is 0 Å². The summed E-state index contributed by atoms with van der Waals surface area (Å²) in [6.07, 6.45) is 5.16. The lowest BCUT2D eigenvalue weighted by atomic mass is 9.95. The fourth-order valence-corrected chi connectivity index (χ4v) is 4.23. The maximum absolute atomic E-state index is 12.4. The number of carbonyl (C=O) groups excluding carboxylic acids is 1. The first kappa shape index (κ1) is 13.7. The molecule has 3 heterocycles. The number of nitrogens with zero attached hydrogens (tertiary/aromatic N) is 1. The van der Waals surface area contributed by atoms with Crippen LogP contribution in [0, 0.1) is 0 Å². The summed E-state index contributed by atoms with van der Waals surface area (Å²) in [5.41, 5.74) is 7.52. The van der Waals surface area contributed by atoms with Crippen LogP contribution < -0.4 is 16.4 Å². The van der Waals surface area contributed by atoms with Gasteiger partial charge in [-0.05, 0) is 37.0 Å². The molecule has 0 saturated carbocycles. The molecule has 0 spiro atoms. The van der Waals surface area contributed by atoms with Crippen molar-refractivity contribution in [2.45, 2.75) is 37.4 Å². The number of hydrogen-bond acceptors (Lipinski definition) is 5. The number of anilines is 1. The van der Waals surface area contributed by atoms with E-state index in [2.05, 4.69) is 15.6 Å². The molecule has 6 heteroatoms. The predicted octanol–water partition coefficient (Wildman–Crippen LogP) is 2.01. The number of fused-ring (bicyclic) bond motifs is 2. The van der Waals surface area contributed by atoms with Crippen LogP contribution in [-0.2, 0) is 0 Å². The molecule has 5 nitrogen and oxygen atoms in total. The van der Waals surface area contributed by atoms with Gasteiger partial charge >= 0.3 is 0 Å². The van der Waals surface area contributed by atoms with E-state index in [4.69, 9.17) is 5.73 Å². The Kier molecular flexibility index (Phi) is 3.35. The van der Waals surface area contributed by atoms with Crippen LogP contribution in [0.2, 0.25) is 0 Å². The van der Waals surface area contributed by atoms with Crippen LogP contribution in [0.15, 0.2) is 30.5 Å². The van der Waals surface area contributed by atoms with Gasteiger partial charge in [0.1, 0.15) is 0 Å². The van der Waals surface area contributed by atoms with E-state index in [0.29, 0.717) is 22.8 Å². The first-order valence-corrected chi connectivity index (χ1v) is 8.39. The van der Waals surface area contributed by atoms with Gasteiger partial charge in [0.2, 0.25) is 0 Å². The summed E-state index contributed by atoms with van der Waals surface area (Å²) >= 11 is 1.41. The lowest BCUT2D eigenvalue weighted by molar-refractivity contribution is 0.0930. The fraction of sp³-hybridized carbons (Fsp3) is 0.375. The zero-order valence-electron chi connectivity index (χ0n) is 12.1. The highest BCUT2D eigenvalue weighted by Crippen LogP contribution is 2.30. The third-order valence-corrected chi connectivity index (χ3v) is 5.53. The normalized spacial score (nSPS) is 26.3. The minimum atomic E-state index is -0.0699. The zero-order chi connectivity index (χ0) is 15.1. The van der Waals surface area contributed by atoms with Crippen molar-refractivity contribution in [1.82, 2.24) is 15.6 Å². The maximum Gasteiger partial charge on any atom is 0.280 e. The van der Waals surface area contributed by atoms with Crippen LogP contribution in [-0.4, -0.2) is 29.0 Å². The summed E-state index contributed by atoms with van der Waals surface area (Å²) < 4.78 is 0. The van der Waals surface area contributed by atoms with E-state index in [1.54, 1.807) is 6.20 Å². The second-order valence-corrected chi connectivity index (χ2v) is 7.05. The molecule has 2 aliphatic heterocycles. The molecule has 4 rings (SSSR count). The minimum Gasteiger partial charge on any atom is -0.399 e. The molecule has 114 valence electrons. The lowest BCUT2D eigenvalue weighted by Crippen LogP contribution is -2.42. The Morgan fingerprint density at radius 3 is 3.05 bits per heavy atom. The van der Waals surface area contributed by atoms with Gasteiger partial charge in [0.15, 0.2) is 5.01 Å². The molecule has 2 aliphatic rings. The van der Waals surface area contributed by atoms with Gasteiger partial charge in [-0.2, -0.15) is 0 Å². The van der Waals surface area contributed by atoms with Gasteiger partial charge in [-0.25, -0.2) is 4.98 Å². The summed E-state index contributed by atoms with van der Waals surface area (Å²) in [7, 11) is 0. The van der Waals surface area contributed by atoms with Crippen molar-refractivity contribution in [1.29, 1.82) is 0 Å². The number of nitrogens with two attached hydrogens (primary N) is 1. The molecule has 1 amide bonds. The summed E-state index contributed by atoms with van der Waals surface area (Å²) in [6, 6.07) is 8.88. The summed E-state index contributed by atoms with van der Waals surface area (Å²) in [4.78, 5) is 17.6. The number of amides is 1. The van der Waals surface area contributed by atoms with Crippen LogP contribution >= 0.6 is 11.3 Å². The summed E-state index contributed by atoms with van der Waals surface area (Å²) in [6.45, 7) is 0. The number of benzene rings is 1. The highest BCUT2D eigenvalue weighted by Gasteiger charge is 2.39. The van der Waals surface area contributed by atoms with Crippen LogP contribution in [0.5, 0.6) is 0 Å². The van der Waals surface area contributed by atoms with Crippen molar-refractivity contribution < 1.29 is 4.79 Å². The number of rotatable bonds is 3. The number of hydrogen-bond donors (Lipinski definition) is 3. The van der Waals surface area contributed by atoms with Gasteiger partial charge in [0.25, 0.3) is 5.91 Å². The largest absolute Gasteiger partial charge is 0.399 e. The summed E-state index contributed by atoms with van der Waals surface area (Å²) in [5, 5.41) is 7.16. The van der Waals surface area contributed by atoms with Gasteiger partial charge in [0, 0.05) is 30.0 Å². The molecule has 2 fully saturated rings. The Bertz CT molecular complexity index is 714. The first-order valence-electron chi connectivity index (χ1n) is 7.58. The molecule has 4 N–H and O–H groups in total. The SMILES string of the molecule is Nc1cccc(-c2cnc(C(=O)NC3CC4CCC3N4)s2)c1. The summed E-state index contributed by atoms with van der Waals surface area (Å²) in [5.74, 6) is -0.0699. The molecule has 2 bridgehead atoms. The molecular formula is C16H18N4OS. The molecule has 0 aliphatic carbocycles. The quantitative estimate of drug-likeness (QED) is 0.757. The zero-order valence-corrected chi connectivity index (χ0v) is 12.9. The maximum atomic E-state index is 12.4. The van der Waals surface area contributed by atoms with E-state index in [0.717, 1.165) is 23.3 Å². The highest BCUT2D eigenvalue weighted by atomic mass is 32.1. The minimum absolute atomic E-state index is 0.0699. The Morgan fingerprint density at radius 2 is 2.32 bits per heavy atom. The van der Waals surface area contributed by atoms with E-state index in [1.807, 2.05) is 24.3 Å². The Morgan fingerprint density at radius 1 is 1.41 bits per heavy atom. The fourth-order valence-electron chi connectivity index (χ4n) is 3.42.